The lowest BCUT2D eigenvalue weighted by Gasteiger charge is -2.23. The van der Waals surface area contributed by atoms with E-state index in [1.54, 1.807) is 12.1 Å². The zero-order valence-corrected chi connectivity index (χ0v) is 24.1. The number of halogens is 5. The number of aromatic nitrogens is 2. The molecule has 1 atom stereocenters. The summed E-state index contributed by atoms with van der Waals surface area (Å²) >= 11 is 6.49. The molecule has 42 heavy (non-hydrogen) atoms. The zero-order chi connectivity index (χ0) is 31.2. The molecule has 0 radical (unpaired) electrons. The number of rotatable bonds is 13. The van der Waals surface area contributed by atoms with E-state index in [4.69, 9.17) is 21.4 Å². The zero-order valence-electron chi connectivity index (χ0n) is 23.3. The molecule has 228 valence electrons. The lowest BCUT2D eigenvalue weighted by Crippen LogP contribution is -2.46. The Morgan fingerprint density at radius 2 is 1.81 bits per heavy atom. The molecule has 0 aliphatic heterocycles. The Bertz CT molecular complexity index is 1540. The number of carboxylic acids is 1. The number of benzene rings is 2. The number of carboxylic acid groups (broad SMARTS) is 1. The molecule has 8 nitrogen and oxygen atoms in total. The Kier molecular flexibility index (Phi) is 11.0. The van der Waals surface area contributed by atoms with Gasteiger partial charge in [-0.25, -0.2) is 9.18 Å². The van der Waals surface area contributed by atoms with Crippen LogP contribution in [0.25, 0.3) is 11.1 Å². The van der Waals surface area contributed by atoms with Crippen molar-refractivity contribution in [3.8, 4) is 16.9 Å². The van der Waals surface area contributed by atoms with E-state index in [1.807, 2.05) is 13.8 Å². The fraction of sp³-hybridized carbons (Fsp3) is 0.414. The molecule has 1 heterocycles. The minimum atomic E-state index is -4.89. The van der Waals surface area contributed by atoms with Crippen LogP contribution in [0.2, 0.25) is 5.02 Å². The average Bonchev–Trinajstić information content (AvgIpc) is 2.90. The molecule has 0 unspecified atom stereocenters. The number of alkyl halides is 3. The van der Waals surface area contributed by atoms with Crippen molar-refractivity contribution >= 4 is 17.6 Å². The number of nitrogens with zero attached hydrogens (tertiary/aromatic N) is 2. The van der Waals surface area contributed by atoms with Gasteiger partial charge in [-0.1, -0.05) is 43.6 Å². The van der Waals surface area contributed by atoms with Gasteiger partial charge >= 0.3 is 17.8 Å². The van der Waals surface area contributed by atoms with Crippen LogP contribution >= 0.6 is 11.6 Å². The standard InChI is InChI=1S/C29H32ClF4N3O5/c1-17(2)13-18(35-12-6-11-25(38)39)14-37-27(40)20(19-7-4-10-24(42-3)26(19)30)15-36(28(37)41)16-21-22(29(32,33)34)8-5-9-23(21)31/h4-5,7-10,15,17-18,35H,6,11-14,16H2,1-3H3,(H,38,39)/t18-/m0/s1. The summed E-state index contributed by atoms with van der Waals surface area (Å²) in [5.74, 6) is -1.79. The van der Waals surface area contributed by atoms with Crippen molar-refractivity contribution in [2.75, 3.05) is 13.7 Å². The Hall–Kier alpha value is -3.64. The lowest BCUT2D eigenvalue weighted by molar-refractivity contribution is -0.138. The van der Waals surface area contributed by atoms with E-state index in [0.717, 1.165) is 33.5 Å². The maximum atomic E-state index is 14.8. The summed E-state index contributed by atoms with van der Waals surface area (Å²) in [7, 11) is 1.37. The van der Waals surface area contributed by atoms with Crippen molar-refractivity contribution in [2.45, 2.75) is 58.4 Å². The SMILES string of the molecule is COc1cccc(-c2cn(Cc3c(F)cccc3C(F)(F)F)c(=O)n(C[C@H](CC(C)C)NCCCC(=O)O)c2=O)c1Cl. The third kappa shape index (κ3) is 8.01. The van der Waals surface area contributed by atoms with Gasteiger partial charge in [0.05, 0.1) is 29.8 Å². The molecule has 0 aliphatic rings. The van der Waals surface area contributed by atoms with Gasteiger partial charge in [-0.05, 0) is 43.5 Å². The van der Waals surface area contributed by atoms with E-state index in [-0.39, 0.29) is 47.3 Å². The molecule has 13 heteroatoms. The largest absolute Gasteiger partial charge is 0.495 e. The second-order valence-electron chi connectivity index (χ2n) is 10.2. The molecule has 0 spiro atoms. The van der Waals surface area contributed by atoms with Crippen LogP contribution < -0.4 is 21.3 Å². The van der Waals surface area contributed by atoms with Gasteiger partial charge in [-0.2, -0.15) is 13.2 Å². The van der Waals surface area contributed by atoms with Gasteiger partial charge in [-0.3, -0.25) is 18.7 Å². The van der Waals surface area contributed by atoms with Gasteiger partial charge in [0.25, 0.3) is 5.56 Å². The third-order valence-corrected chi connectivity index (χ3v) is 7.01. The molecule has 2 aromatic carbocycles. The van der Waals surface area contributed by atoms with Gasteiger partial charge in [0.2, 0.25) is 0 Å². The van der Waals surface area contributed by atoms with Crippen LogP contribution in [0.4, 0.5) is 17.6 Å². The minimum Gasteiger partial charge on any atom is -0.495 e. The fourth-order valence-electron chi connectivity index (χ4n) is 4.70. The van der Waals surface area contributed by atoms with E-state index in [1.165, 1.54) is 13.2 Å². The summed E-state index contributed by atoms with van der Waals surface area (Å²) in [4.78, 5) is 38.3. The highest BCUT2D eigenvalue weighted by molar-refractivity contribution is 6.34. The first-order valence-electron chi connectivity index (χ1n) is 13.2. The minimum absolute atomic E-state index is 0.0428. The topological polar surface area (TPSA) is 103 Å². The van der Waals surface area contributed by atoms with Gasteiger partial charge in [-0.15, -0.1) is 0 Å². The van der Waals surface area contributed by atoms with Crippen molar-refractivity contribution in [1.82, 2.24) is 14.5 Å². The Labute approximate surface area is 244 Å². The van der Waals surface area contributed by atoms with Crippen molar-refractivity contribution in [2.24, 2.45) is 5.92 Å². The summed E-state index contributed by atoms with van der Waals surface area (Å²) in [5, 5.41) is 12.2. The first-order chi connectivity index (χ1) is 19.7. The second-order valence-corrected chi connectivity index (χ2v) is 10.6. The smallest absolute Gasteiger partial charge is 0.416 e. The molecule has 0 saturated carbocycles. The third-order valence-electron chi connectivity index (χ3n) is 6.62. The summed E-state index contributed by atoms with van der Waals surface area (Å²) < 4.78 is 63.0. The highest BCUT2D eigenvalue weighted by Gasteiger charge is 2.35. The maximum Gasteiger partial charge on any atom is 0.416 e. The lowest BCUT2D eigenvalue weighted by atomic mass is 10.0. The molecule has 1 aromatic heterocycles. The average molecular weight is 614 g/mol. The summed E-state index contributed by atoms with van der Waals surface area (Å²) in [5.41, 5.74) is -3.63. The molecule has 0 saturated heterocycles. The van der Waals surface area contributed by atoms with Gasteiger partial charge in [0.15, 0.2) is 0 Å². The highest BCUT2D eigenvalue weighted by atomic mass is 35.5. The normalized spacial score (nSPS) is 12.5. The molecule has 0 bridgehead atoms. The molecule has 0 aliphatic carbocycles. The quantitative estimate of drug-likeness (QED) is 0.197. The number of carbonyl (C=O) groups is 1. The van der Waals surface area contributed by atoms with E-state index < -0.39 is 52.9 Å². The molecule has 3 aromatic rings. The van der Waals surface area contributed by atoms with E-state index in [2.05, 4.69) is 5.32 Å². The molecule has 0 fully saturated rings. The van der Waals surface area contributed by atoms with Crippen molar-refractivity contribution in [3.63, 3.8) is 0 Å². The number of ether oxygens (including phenoxy) is 1. The molecular weight excluding hydrogens is 582 g/mol. The van der Waals surface area contributed by atoms with Crippen LogP contribution in [-0.2, 0) is 24.1 Å². The van der Waals surface area contributed by atoms with E-state index >= 15 is 0 Å². The molecule has 3 rings (SSSR count). The van der Waals surface area contributed by atoms with E-state index in [0.29, 0.717) is 12.8 Å². The van der Waals surface area contributed by atoms with Crippen LogP contribution in [-0.4, -0.2) is 39.9 Å². The highest BCUT2D eigenvalue weighted by Crippen LogP contribution is 2.35. The Morgan fingerprint density at radius 3 is 2.43 bits per heavy atom. The van der Waals surface area contributed by atoms with Crippen molar-refractivity contribution in [1.29, 1.82) is 0 Å². The predicted octanol–water partition coefficient (Wildman–Crippen LogP) is 5.41. The Morgan fingerprint density at radius 1 is 1.12 bits per heavy atom. The van der Waals surface area contributed by atoms with Crippen LogP contribution in [0, 0.1) is 11.7 Å². The van der Waals surface area contributed by atoms with Gasteiger partial charge in [0, 0.05) is 36.3 Å². The summed E-state index contributed by atoms with van der Waals surface area (Å²) in [6.07, 6.45) is -3.10. The van der Waals surface area contributed by atoms with Gasteiger partial charge in [0.1, 0.15) is 11.6 Å². The molecule has 2 N–H and O–H groups in total. The Balaban J connectivity index is 2.20. The monoisotopic (exact) mass is 613 g/mol. The number of aliphatic carboxylic acids is 1. The second kappa shape index (κ2) is 14.0. The van der Waals surface area contributed by atoms with Crippen LogP contribution in [0.15, 0.2) is 52.2 Å². The predicted molar refractivity (Wildman–Crippen MR) is 151 cm³/mol. The number of hydrogen-bond acceptors (Lipinski definition) is 5. The molecule has 0 amide bonds. The fourth-order valence-corrected chi connectivity index (χ4v) is 5.01. The van der Waals surface area contributed by atoms with Crippen LogP contribution in [0.3, 0.4) is 0 Å². The summed E-state index contributed by atoms with van der Waals surface area (Å²) in [6.45, 7) is 3.16. The van der Waals surface area contributed by atoms with Crippen LogP contribution in [0.1, 0.15) is 44.2 Å². The first-order valence-corrected chi connectivity index (χ1v) is 13.6. The van der Waals surface area contributed by atoms with Crippen LogP contribution in [0.5, 0.6) is 5.75 Å². The number of hydrogen-bond donors (Lipinski definition) is 2. The van der Waals surface area contributed by atoms with Crippen molar-refractivity contribution in [3.05, 3.63) is 85.4 Å². The van der Waals surface area contributed by atoms with E-state index in [9.17, 15) is 31.9 Å². The first kappa shape index (κ1) is 32.9. The number of methoxy groups -OCH3 is 1. The maximum absolute atomic E-state index is 14.8. The number of nitrogens with one attached hydrogen (secondary N) is 1. The van der Waals surface area contributed by atoms with Gasteiger partial charge < -0.3 is 15.2 Å². The molecular formula is C29H32ClF4N3O5. The summed E-state index contributed by atoms with van der Waals surface area (Å²) in [6, 6.07) is 6.66. The van der Waals surface area contributed by atoms with Crippen molar-refractivity contribution < 1.29 is 32.2 Å².